The van der Waals surface area contributed by atoms with Gasteiger partial charge in [-0.3, -0.25) is 14.4 Å². The van der Waals surface area contributed by atoms with Crippen LogP contribution in [0.5, 0.6) is 0 Å². The smallest absolute Gasteiger partial charge is 0.320 e. The second-order valence-corrected chi connectivity index (χ2v) is 9.24. The van der Waals surface area contributed by atoms with Gasteiger partial charge in [0.1, 0.15) is 17.6 Å². The van der Waals surface area contributed by atoms with Crippen molar-refractivity contribution in [1.29, 1.82) is 0 Å². The third-order valence-corrected chi connectivity index (χ3v) is 7.97. The molecule has 0 aromatic heterocycles. The Morgan fingerprint density at radius 3 is 2.73 bits per heavy atom. The molecule has 3 saturated carbocycles. The van der Waals surface area contributed by atoms with Crippen LogP contribution < -0.4 is 0 Å². The fourth-order valence-electron chi connectivity index (χ4n) is 6.94. The maximum Gasteiger partial charge on any atom is 0.320 e. The third-order valence-electron chi connectivity index (χ3n) is 7.97. The summed E-state index contributed by atoms with van der Waals surface area (Å²) in [6.45, 7) is 3.61. The molecule has 6 aliphatic rings. The average molecular weight is 379 g/mol. The van der Waals surface area contributed by atoms with Crippen molar-refractivity contribution in [2.75, 3.05) is 0 Å². The van der Waals surface area contributed by atoms with Crippen LogP contribution in [0.3, 0.4) is 0 Å². The number of carbonyl (C=O) groups excluding carboxylic acids is 3. The number of hydrogen-bond donors (Lipinski definition) is 0. The number of Topliss-reactive ketones (excluding diaryl/α,β-unsaturated/α-hetero) is 1. The fraction of sp³-hybridized carbons (Fsp3) is 0.762. The molecule has 9 atom stereocenters. The highest BCUT2D eigenvalue weighted by Crippen LogP contribution is 2.61. The van der Waals surface area contributed by atoms with E-state index in [1.54, 1.807) is 0 Å². The lowest BCUT2D eigenvalue weighted by Crippen LogP contribution is -2.62. The summed E-state index contributed by atoms with van der Waals surface area (Å²) in [4.78, 5) is 37.1. The standard InChI is InChI=1S/C21H26O5/c1-10-5-16-15(19(10)25-11(2)22)4-3-12-6-13-7-14-8-18(23)21(13,9-17(12)16)20(24)26-14/h3-4,10,12-17,19H,5-9H2,1-2H3/t10-,12+,13+,14+,15-,16-,17-,19-,21-/m1/s1/i1+1,2+1,3+1,4+1,5+1,6+1,7+1,8+1,9+1,10+1,11+1,12+1,13+1,14+1,15+1,16+1,17+1,18+1,19+1,20+1,21+1. The lowest BCUT2D eigenvalue weighted by atomic mass is 10.5. The van der Waals surface area contributed by atoms with E-state index in [0.717, 1.165) is 19.3 Å². The average Bonchev–Trinajstić information content (AvgIpc) is 2.88. The highest BCUT2D eigenvalue weighted by Gasteiger charge is 2.66. The largest absolute Gasteiger partial charge is 0.462 e. The minimum absolute atomic E-state index is 0.0883. The predicted octanol–water partition coefficient (Wildman–Crippen LogP) is 2.68. The fourth-order valence-corrected chi connectivity index (χ4v) is 6.94. The first-order valence-corrected chi connectivity index (χ1v) is 10.00. The number of allylic oxidation sites excluding steroid dienone is 1. The predicted molar refractivity (Wildman–Crippen MR) is 91.7 cm³/mol. The second kappa shape index (κ2) is 5.43. The zero-order valence-electron chi connectivity index (χ0n) is 15.4. The Kier molecular flexibility index (Phi) is 3.45. The normalized spacial score (nSPS) is 51.3. The Bertz CT molecular complexity index is 691. The van der Waals surface area contributed by atoms with Gasteiger partial charge in [-0.2, -0.15) is 0 Å². The van der Waals surface area contributed by atoms with Gasteiger partial charge >= 0.3 is 11.9 Å². The van der Waals surface area contributed by atoms with Crippen LogP contribution in [-0.4, -0.2) is 29.9 Å². The van der Waals surface area contributed by atoms with Gasteiger partial charge in [0, 0.05) is 19.3 Å². The van der Waals surface area contributed by atoms with Gasteiger partial charge in [0.25, 0.3) is 0 Å². The van der Waals surface area contributed by atoms with E-state index in [4.69, 9.17) is 9.47 Å². The minimum Gasteiger partial charge on any atom is -0.462 e. The summed E-state index contributed by atoms with van der Waals surface area (Å²) in [5.41, 5.74) is -0.894. The molecule has 0 radical (unpaired) electrons. The monoisotopic (exact) mass is 379 g/mol. The number of fused-ring (bicyclic) bond motifs is 5. The maximum atomic E-state index is 12.9. The molecule has 26 heavy (non-hydrogen) atoms. The van der Waals surface area contributed by atoms with Gasteiger partial charge in [-0.1, -0.05) is 19.1 Å². The Labute approximate surface area is 153 Å². The SMILES string of the molecule is [13CH3][13C](=O)O[13C@H]1[13C@@H]2[13CH]=[13CH][13C@H]3[13CH2][13C@H]4[13CH2][13C@H]5[13CH2][13C](=O)[13C@]4([13CH2][13C@H]3[13C@@H]2[13CH2][13C@H]1[13CH3])[13C](=O)O5. The maximum absolute atomic E-state index is 12.9. The number of ether oxygens (including phenoxy) is 2. The Morgan fingerprint density at radius 1 is 1.19 bits per heavy atom. The summed E-state index contributed by atoms with van der Waals surface area (Å²) in [7, 11) is 0. The molecule has 0 aromatic carbocycles. The van der Waals surface area contributed by atoms with Gasteiger partial charge in [-0.05, 0) is 55.3 Å². The molecule has 6 rings (SSSR count). The number of hydrogen-bond acceptors (Lipinski definition) is 5. The molecule has 2 heterocycles. The lowest BCUT2D eigenvalue weighted by Gasteiger charge is -2.56. The van der Waals surface area contributed by atoms with E-state index in [1.165, 1.54) is 6.92 Å². The molecule has 5 nitrogen and oxygen atoms in total. The molecule has 0 N–H and O–H groups in total. The molecule has 0 aromatic rings. The van der Waals surface area contributed by atoms with Crippen molar-refractivity contribution in [3.8, 4) is 0 Å². The van der Waals surface area contributed by atoms with Crippen molar-refractivity contribution in [2.45, 2.75) is 58.2 Å². The quantitative estimate of drug-likeness (QED) is 0.303. The molecule has 0 amide bonds. The number of rotatable bonds is 1. The van der Waals surface area contributed by atoms with Gasteiger partial charge in [0.15, 0.2) is 5.78 Å². The van der Waals surface area contributed by atoms with Crippen LogP contribution in [0.4, 0.5) is 0 Å². The van der Waals surface area contributed by atoms with Crippen LogP contribution in [0.25, 0.3) is 0 Å². The van der Waals surface area contributed by atoms with Crippen molar-refractivity contribution in [2.24, 2.45) is 40.9 Å². The van der Waals surface area contributed by atoms with Crippen LogP contribution in [-0.2, 0) is 23.9 Å². The van der Waals surface area contributed by atoms with E-state index in [2.05, 4.69) is 19.1 Å². The first-order valence-electron chi connectivity index (χ1n) is 10.00. The van der Waals surface area contributed by atoms with Crippen LogP contribution in [0.15, 0.2) is 12.2 Å². The van der Waals surface area contributed by atoms with E-state index in [9.17, 15) is 14.4 Å². The van der Waals surface area contributed by atoms with Crippen molar-refractivity contribution < 1.29 is 23.9 Å². The number of ketones is 1. The molecular weight excluding hydrogens is 353 g/mol. The van der Waals surface area contributed by atoms with E-state index in [1.807, 2.05) is 0 Å². The summed E-state index contributed by atoms with van der Waals surface area (Å²) in [6.07, 6.45) is 8.01. The Morgan fingerprint density at radius 2 is 2.00 bits per heavy atom. The minimum atomic E-state index is -0.894. The molecular formula is C21H26O5. The molecule has 140 valence electrons. The highest BCUT2D eigenvalue weighted by atomic mass is 16.7. The summed E-state index contributed by atoms with van der Waals surface area (Å²) in [6, 6.07) is 0. The number of carbonyl (C=O) groups is 3. The molecule has 2 aliphatic heterocycles. The van der Waals surface area contributed by atoms with Gasteiger partial charge in [-0.25, -0.2) is 0 Å². The Hall–Kier alpha value is -1.65. The summed E-state index contributed by atoms with van der Waals surface area (Å²) in [5.74, 6) is 1.37. The van der Waals surface area contributed by atoms with Gasteiger partial charge in [0.2, 0.25) is 0 Å². The third kappa shape index (κ3) is 2.06. The first kappa shape index (κ1) is 16.5. The molecule has 4 aliphatic carbocycles. The van der Waals surface area contributed by atoms with Crippen molar-refractivity contribution in [1.82, 2.24) is 0 Å². The highest BCUT2D eigenvalue weighted by molar-refractivity contribution is 6.07. The summed E-state index contributed by atoms with van der Waals surface area (Å²) in [5, 5.41) is 0. The first-order chi connectivity index (χ1) is 12.4. The molecule has 5 fully saturated rings. The van der Waals surface area contributed by atoms with Crippen molar-refractivity contribution in [3.63, 3.8) is 0 Å². The second-order valence-electron chi connectivity index (χ2n) is 9.24. The summed E-state index contributed by atoms with van der Waals surface area (Å²) >= 11 is 0. The van der Waals surface area contributed by atoms with Crippen LogP contribution in [0, 0.1) is 40.9 Å². The number of esters is 2. The Balaban J connectivity index is 1.48. The van der Waals surface area contributed by atoms with E-state index < -0.39 is 5.41 Å². The van der Waals surface area contributed by atoms with E-state index in [0.29, 0.717) is 36.5 Å². The molecule has 5 heteroatoms. The molecule has 2 saturated heterocycles. The van der Waals surface area contributed by atoms with Gasteiger partial charge < -0.3 is 9.47 Å². The molecule has 2 bridgehead atoms. The van der Waals surface area contributed by atoms with E-state index in [-0.39, 0.29) is 41.8 Å². The van der Waals surface area contributed by atoms with Crippen LogP contribution >= 0.6 is 0 Å². The van der Waals surface area contributed by atoms with E-state index >= 15 is 0 Å². The molecule has 0 unspecified atom stereocenters. The van der Waals surface area contributed by atoms with Crippen molar-refractivity contribution in [3.05, 3.63) is 12.2 Å². The van der Waals surface area contributed by atoms with Gasteiger partial charge in [-0.15, -0.1) is 0 Å². The van der Waals surface area contributed by atoms with Crippen LogP contribution in [0.2, 0.25) is 0 Å². The summed E-state index contributed by atoms with van der Waals surface area (Å²) < 4.78 is 11.2. The topological polar surface area (TPSA) is 69.7 Å². The van der Waals surface area contributed by atoms with Crippen LogP contribution in [0.1, 0.15) is 46.0 Å². The zero-order chi connectivity index (χ0) is 18.2. The zero-order valence-corrected chi connectivity index (χ0v) is 15.4. The lowest BCUT2D eigenvalue weighted by molar-refractivity contribution is -0.202. The molecule has 1 spiro atoms. The van der Waals surface area contributed by atoms with Crippen molar-refractivity contribution >= 4 is 17.7 Å². The van der Waals surface area contributed by atoms with Gasteiger partial charge in [0.05, 0.1) is 0 Å².